The molecule has 0 radical (unpaired) electrons. The Hall–Kier alpha value is -3.13. The van der Waals surface area contributed by atoms with E-state index in [1.807, 2.05) is 12.1 Å². The second kappa shape index (κ2) is 7.83. The van der Waals surface area contributed by atoms with Gasteiger partial charge in [0.05, 0.1) is 6.54 Å². The van der Waals surface area contributed by atoms with Crippen LogP contribution >= 0.6 is 11.6 Å². The summed E-state index contributed by atoms with van der Waals surface area (Å²) in [5.74, 6) is 0.324. The molecule has 3 rings (SSSR count). The first kappa shape index (κ1) is 17.7. The third kappa shape index (κ3) is 4.48. The summed E-state index contributed by atoms with van der Waals surface area (Å²) in [7, 11) is 0. The number of carbonyl (C=O) groups is 1. The van der Waals surface area contributed by atoms with E-state index in [0.717, 1.165) is 5.56 Å². The van der Waals surface area contributed by atoms with Gasteiger partial charge in [0.1, 0.15) is 5.69 Å². The van der Waals surface area contributed by atoms with Gasteiger partial charge in [-0.05, 0) is 24.3 Å². The summed E-state index contributed by atoms with van der Waals surface area (Å²) < 4.78 is 6.52. The van der Waals surface area contributed by atoms with Crippen molar-refractivity contribution in [3.05, 3.63) is 74.1 Å². The quantitative estimate of drug-likeness (QED) is 0.680. The van der Waals surface area contributed by atoms with Gasteiger partial charge in [0, 0.05) is 41.9 Å². The molecule has 8 nitrogen and oxygen atoms in total. The number of hydrogen-bond donors (Lipinski definition) is 2. The molecule has 0 aliphatic heterocycles. The van der Waals surface area contributed by atoms with E-state index in [2.05, 4.69) is 15.5 Å². The number of aromatic nitrogens is 3. The Morgan fingerprint density at radius 3 is 2.73 bits per heavy atom. The van der Waals surface area contributed by atoms with Crippen LogP contribution in [0.3, 0.4) is 0 Å². The maximum Gasteiger partial charge on any atom is 0.328 e. The van der Waals surface area contributed by atoms with Crippen LogP contribution in [0.25, 0.3) is 11.3 Å². The average Bonchev–Trinajstić information content (AvgIpc) is 3.09. The lowest BCUT2D eigenvalue weighted by Gasteiger charge is -2.05. The zero-order valence-corrected chi connectivity index (χ0v) is 14.3. The summed E-state index contributed by atoms with van der Waals surface area (Å²) in [5.41, 5.74) is 0.383. The van der Waals surface area contributed by atoms with E-state index < -0.39 is 11.2 Å². The van der Waals surface area contributed by atoms with Crippen LogP contribution in [0.4, 0.5) is 0 Å². The van der Waals surface area contributed by atoms with Crippen molar-refractivity contribution in [2.24, 2.45) is 0 Å². The summed E-state index contributed by atoms with van der Waals surface area (Å²) in [6, 6.07) is 10.1. The average molecular weight is 375 g/mol. The fraction of sp³-hybridized carbons (Fsp3) is 0.176. The highest BCUT2D eigenvalue weighted by atomic mass is 35.5. The summed E-state index contributed by atoms with van der Waals surface area (Å²) in [6.45, 7) is 0.368. The maximum absolute atomic E-state index is 11.9. The Morgan fingerprint density at radius 2 is 2.00 bits per heavy atom. The molecule has 1 amide bonds. The molecule has 2 aromatic heterocycles. The third-order valence-electron chi connectivity index (χ3n) is 3.63. The second-order valence-corrected chi connectivity index (χ2v) is 5.96. The van der Waals surface area contributed by atoms with Crippen LogP contribution in [0.2, 0.25) is 5.02 Å². The molecule has 134 valence electrons. The summed E-state index contributed by atoms with van der Waals surface area (Å²) in [4.78, 5) is 36.6. The van der Waals surface area contributed by atoms with E-state index in [4.69, 9.17) is 16.1 Å². The largest absolute Gasteiger partial charge is 0.356 e. The SMILES string of the molecule is O=C(CCn1ccc(=O)[nH]c1=O)NCc1cc(-c2ccc(Cl)cc2)on1. The van der Waals surface area contributed by atoms with Crippen LogP contribution in [-0.4, -0.2) is 20.6 Å². The van der Waals surface area contributed by atoms with Crippen LogP contribution < -0.4 is 16.6 Å². The Morgan fingerprint density at radius 1 is 1.23 bits per heavy atom. The molecule has 2 N–H and O–H groups in total. The van der Waals surface area contributed by atoms with Gasteiger partial charge in [-0.15, -0.1) is 0 Å². The Balaban J connectivity index is 1.52. The lowest BCUT2D eigenvalue weighted by molar-refractivity contribution is -0.121. The van der Waals surface area contributed by atoms with Gasteiger partial charge in [-0.2, -0.15) is 0 Å². The van der Waals surface area contributed by atoms with E-state index in [1.54, 1.807) is 18.2 Å². The van der Waals surface area contributed by atoms with Crippen molar-refractivity contribution in [2.75, 3.05) is 0 Å². The number of nitrogens with zero attached hydrogens (tertiary/aromatic N) is 2. The van der Waals surface area contributed by atoms with Crippen molar-refractivity contribution in [2.45, 2.75) is 19.5 Å². The van der Waals surface area contributed by atoms with Gasteiger partial charge in [-0.1, -0.05) is 16.8 Å². The predicted octanol–water partition coefficient (Wildman–Crippen LogP) is 1.55. The minimum Gasteiger partial charge on any atom is -0.356 e. The van der Waals surface area contributed by atoms with Crippen molar-refractivity contribution in [3.63, 3.8) is 0 Å². The zero-order chi connectivity index (χ0) is 18.5. The molecule has 0 fully saturated rings. The predicted molar refractivity (Wildman–Crippen MR) is 94.7 cm³/mol. The van der Waals surface area contributed by atoms with Crippen molar-refractivity contribution in [1.82, 2.24) is 20.0 Å². The summed E-state index contributed by atoms with van der Waals surface area (Å²) >= 11 is 5.85. The highest BCUT2D eigenvalue weighted by Crippen LogP contribution is 2.22. The van der Waals surface area contributed by atoms with Gasteiger partial charge in [0.25, 0.3) is 5.56 Å². The number of halogens is 1. The van der Waals surface area contributed by atoms with Crippen molar-refractivity contribution < 1.29 is 9.32 Å². The maximum atomic E-state index is 11.9. The first-order valence-electron chi connectivity index (χ1n) is 7.79. The number of aromatic amines is 1. The fourth-order valence-corrected chi connectivity index (χ4v) is 2.39. The molecule has 3 aromatic rings. The fourth-order valence-electron chi connectivity index (χ4n) is 2.27. The van der Waals surface area contributed by atoms with Gasteiger partial charge in [-0.3, -0.25) is 14.6 Å². The molecule has 0 saturated carbocycles. The normalized spacial score (nSPS) is 10.7. The number of hydrogen-bond acceptors (Lipinski definition) is 5. The number of nitrogens with one attached hydrogen (secondary N) is 2. The molecule has 0 bridgehead atoms. The number of amides is 1. The monoisotopic (exact) mass is 374 g/mol. The molecule has 0 aliphatic rings. The van der Waals surface area contributed by atoms with Gasteiger partial charge in [-0.25, -0.2) is 4.79 Å². The van der Waals surface area contributed by atoms with E-state index in [0.29, 0.717) is 16.5 Å². The van der Waals surface area contributed by atoms with Crippen LogP contribution in [0.15, 0.2) is 56.7 Å². The van der Waals surface area contributed by atoms with Crippen LogP contribution in [-0.2, 0) is 17.9 Å². The number of rotatable bonds is 6. The molecule has 9 heteroatoms. The minimum absolute atomic E-state index is 0.0911. The van der Waals surface area contributed by atoms with Crippen LogP contribution in [0.5, 0.6) is 0 Å². The molecule has 0 atom stereocenters. The standard InChI is InChI=1S/C17H15ClN4O4/c18-12-3-1-11(2-4-12)14-9-13(21-26-14)10-19-15(23)5-7-22-8-6-16(24)20-17(22)25/h1-4,6,8-9H,5,7,10H2,(H,19,23)(H,20,24,25). The molecule has 26 heavy (non-hydrogen) atoms. The molecule has 0 saturated heterocycles. The number of benzene rings is 1. The first-order valence-corrected chi connectivity index (χ1v) is 8.17. The third-order valence-corrected chi connectivity index (χ3v) is 3.88. The van der Waals surface area contributed by atoms with E-state index in [9.17, 15) is 14.4 Å². The van der Waals surface area contributed by atoms with E-state index in [-0.39, 0.29) is 25.4 Å². The van der Waals surface area contributed by atoms with Crippen molar-refractivity contribution in [1.29, 1.82) is 0 Å². The zero-order valence-electron chi connectivity index (χ0n) is 13.6. The highest BCUT2D eigenvalue weighted by molar-refractivity contribution is 6.30. The Labute approximate surface area is 152 Å². The van der Waals surface area contributed by atoms with Gasteiger partial charge in [0.15, 0.2) is 5.76 Å². The number of carbonyl (C=O) groups excluding carboxylic acids is 1. The lowest BCUT2D eigenvalue weighted by Crippen LogP contribution is -2.31. The molecule has 0 unspecified atom stereocenters. The van der Waals surface area contributed by atoms with Crippen LogP contribution in [0, 0.1) is 0 Å². The van der Waals surface area contributed by atoms with Crippen LogP contribution in [0.1, 0.15) is 12.1 Å². The van der Waals surface area contributed by atoms with E-state index in [1.165, 1.54) is 16.8 Å². The van der Waals surface area contributed by atoms with Gasteiger partial charge < -0.3 is 14.4 Å². The summed E-state index contributed by atoms with van der Waals surface area (Å²) in [5, 5.41) is 7.24. The number of H-pyrrole nitrogens is 1. The van der Waals surface area contributed by atoms with Crippen molar-refractivity contribution >= 4 is 17.5 Å². The number of aryl methyl sites for hydroxylation is 1. The molecule has 1 aromatic carbocycles. The molecular weight excluding hydrogens is 360 g/mol. The van der Waals surface area contributed by atoms with Gasteiger partial charge in [0.2, 0.25) is 5.91 Å². The topological polar surface area (TPSA) is 110 Å². The van der Waals surface area contributed by atoms with Gasteiger partial charge >= 0.3 is 5.69 Å². The van der Waals surface area contributed by atoms with E-state index >= 15 is 0 Å². The Kier molecular flexibility index (Phi) is 5.33. The molecule has 0 spiro atoms. The first-order chi connectivity index (χ1) is 12.5. The smallest absolute Gasteiger partial charge is 0.328 e. The van der Waals surface area contributed by atoms with Crippen molar-refractivity contribution in [3.8, 4) is 11.3 Å². The lowest BCUT2D eigenvalue weighted by atomic mass is 10.1. The highest BCUT2D eigenvalue weighted by Gasteiger charge is 2.09. The molecule has 2 heterocycles. The summed E-state index contributed by atoms with van der Waals surface area (Å²) in [6.07, 6.45) is 1.44. The molecular formula is C17H15ClN4O4. The Bertz CT molecular complexity index is 1020. The second-order valence-electron chi connectivity index (χ2n) is 5.52. The molecule has 0 aliphatic carbocycles. The minimum atomic E-state index is -0.547.